The maximum atomic E-state index is 11.9. The maximum Gasteiger partial charge on any atom is 0.166 e. The van der Waals surface area contributed by atoms with Gasteiger partial charge in [-0.3, -0.25) is 4.68 Å². The molecule has 226 valence electrons. The highest BCUT2D eigenvalue weighted by Crippen LogP contribution is 2.53. The van der Waals surface area contributed by atoms with Gasteiger partial charge < -0.3 is 15.0 Å². The van der Waals surface area contributed by atoms with E-state index in [0.29, 0.717) is 52.1 Å². The predicted octanol–water partition coefficient (Wildman–Crippen LogP) is 5.63. The van der Waals surface area contributed by atoms with Crippen molar-refractivity contribution in [2.75, 3.05) is 42.0 Å². The van der Waals surface area contributed by atoms with Gasteiger partial charge in [0.1, 0.15) is 21.5 Å². The molecule has 1 aliphatic carbocycles. The largest absolute Gasteiger partial charge is 0.380 e. The van der Waals surface area contributed by atoms with Crippen molar-refractivity contribution < 1.29 is 13.2 Å². The molecule has 3 aromatic heterocycles. The molecule has 3 fully saturated rings. The number of nitrogens with one attached hydrogen (secondary N) is 1. The molecular weight excluding hydrogens is 586 g/mol. The van der Waals surface area contributed by atoms with Crippen LogP contribution in [0.15, 0.2) is 42.9 Å². The van der Waals surface area contributed by atoms with Crippen molar-refractivity contribution in [1.29, 1.82) is 0 Å². The van der Waals surface area contributed by atoms with Crippen molar-refractivity contribution in [3.05, 3.63) is 53.6 Å². The van der Waals surface area contributed by atoms with E-state index in [1.807, 2.05) is 23.1 Å². The van der Waals surface area contributed by atoms with Gasteiger partial charge in [0.2, 0.25) is 0 Å². The second kappa shape index (κ2) is 10.4. The molecule has 12 heteroatoms. The molecule has 0 radical (unpaired) electrons. The fraction of sp³-hybridized carbons (Fsp3) is 0.484. The molecule has 2 atom stereocenters. The number of pyridine rings is 1. The van der Waals surface area contributed by atoms with Crippen molar-refractivity contribution >= 4 is 49.5 Å². The lowest BCUT2D eigenvalue weighted by Gasteiger charge is -2.53. The van der Waals surface area contributed by atoms with Crippen LogP contribution in [0.1, 0.15) is 51.1 Å². The zero-order chi connectivity index (χ0) is 30.1. The molecule has 0 amide bonds. The third kappa shape index (κ3) is 5.25. The topological polar surface area (TPSA) is 115 Å². The minimum atomic E-state index is -3.02. The van der Waals surface area contributed by atoms with Gasteiger partial charge in [0.15, 0.2) is 11.0 Å². The molecule has 2 aliphatic heterocycles. The van der Waals surface area contributed by atoms with Gasteiger partial charge >= 0.3 is 0 Å². The van der Waals surface area contributed by atoms with E-state index in [4.69, 9.17) is 26.3 Å². The molecule has 1 spiro atoms. The first-order valence-electron chi connectivity index (χ1n) is 14.8. The van der Waals surface area contributed by atoms with E-state index in [-0.39, 0.29) is 17.7 Å². The van der Waals surface area contributed by atoms with E-state index in [9.17, 15) is 8.42 Å². The molecule has 1 saturated carbocycles. The van der Waals surface area contributed by atoms with E-state index >= 15 is 0 Å². The quantitative estimate of drug-likeness (QED) is 0.267. The Kier molecular flexibility index (Phi) is 6.90. The molecular formula is C31H36ClN7O3S. The number of ether oxygens (including phenoxy) is 1. The van der Waals surface area contributed by atoms with Crippen LogP contribution in [-0.4, -0.2) is 71.0 Å². The van der Waals surface area contributed by atoms with Crippen LogP contribution in [0.25, 0.3) is 22.2 Å². The molecule has 3 aliphatic rings. The molecule has 0 bridgehead atoms. The third-order valence-corrected chi connectivity index (χ3v) is 10.6. The minimum Gasteiger partial charge on any atom is -0.380 e. The van der Waals surface area contributed by atoms with Crippen molar-refractivity contribution in [1.82, 2.24) is 24.7 Å². The molecule has 1 aromatic carbocycles. The van der Waals surface area contributed by atoms with Crippen LogP contribution in [0.4, 0.5) is 17.3 Å². The molecule has 43 heavy (non-hydrogen) atoms. The Morgan fingerprint density at radius 1 is 1.14 bits per heavy atom. The fourth-order valence-electron chi connectivity index (χ4n) is 6.80. The van der Waals surface area contributed by atoms with E-state index in [0.717, 1.165) is 42.5 Å². The number of nitrogens with zero attached hydrogens (tertiary/aromatic N) is 6. The van der Waals surface area contributed by atoms with Gasteiger partial charge in [0.05, 0.1) is 30.6 Å². The lowest BCUT2D eigenvalue weighted by molar-refractivity contribution is -0.175. The summed E-state index contributed by atoms with van der Waals surface area (Å²) in [6, 6.07) is 8.65. The summed E-state index contributed by atoms with van der Waals surface area (Å²) in [6.45, 7) is 8.85. The number of sulfone groups is 1. The average Bonchev–Trinajstić information content (AvgIpc) is 3.29. The summed E-state index contributed by atoms with van der Waals surface area (Å²) in [5, 5.41) is 10.5. The van der Waals surface area contributed by atoms with Gasteiger partial charge in [-0.15, -0.1) is 0 Å². The van der Waals surface area contributed by atoms with Gasteiger partial charge in [-0.2, -0.15) is 5.10 Å². The van der Waals surface area contributed by atoms with E-state index in [2.05, 4.69) is 59.3 Å². The molecule has 4 aromatic rings. The second-order valence-electron chi connectivity index (χ2n) is 12.9. The van der Waals surface area contributed by atoms with Gasteiger partial charge in [-0.1, -0.05) is 31.5 Å². The van der Waals surface area contributed by atoms with E-state index in [1.165, 1.54) is 11.8 Å². The molecule has 5 heterocycles. The van der Waals surface area contributed by atoms with Crippen LogP contribution < -0.4 is 10.2 Å². The Labute approximate surface area is 256 Å². The van der Waals surface area contributed by atoms with Crippen LogP contribution in [0.2, 0.25) is 5.15 Å². The maximum absolute atomic E-state index is 11.9. The second-order valence-corrected chi connectivity index (χ2v) is 15.5. The zero-order valence-electron chi connectivity index (χ0n) is 24.8. The average molecular weight is 622 g/mol. The Balaban J connectivity index is 1.14. The van der Waals surface area contributed by atoms with Crippen LogP contribution in [0.3, 0.4) is 0 Å². The van der Waals surface area contributed by atoms with Crippen molar-refractivity contribution in [3.8, 4) is 11.4 Å². The number of fused-ring (bicyclic) bond motifs is 1. The zero-order valence-corrected chi connectivity index (χ0v) is 26.4. The number of anilines is 3. The predicted molar refractivity (Wildman–Crippen MR) is 169 cm³/mol. The summed E-state index contributed by atoms with van der Waals surface area (Å²) in [5.74, 6) is 2.43. The van der Waals surface area contributed by atoms with Gasteiger partial charge in [0.25, 0.3) is 0 Å². The number of aromatic nitrogens is 5. The molecule has 2 saturated heterocycles. The lowest BCUT2D eigenvalue weighted by Crippen LogP contribution is -2.57. The number of hydrogen-bond donors (Lipinski definition) is 1. The summed E-state index contributed by atoms with van der Waals surface area (Å²) < 4.78 is 31.1. The summed E-state index contributed by atoms with van der Waals surface area (Å²) in [7, 11) is -3.02. The lowest BCUT2D eigenvalue weighted by atomic mass is 9.64. The Morgan fingerprint density at radius 2 is 1.93 bits per heavy atom. The van der Waals surface area contributed by atoms with Crippen molar-refractivity contribution in [3.63, 3.8) is 0 Å². The van der Waals surface area contributed by atoms with Crippen molar-refractivity contribution in [2.45, 2.75) is 51.6 Å². The molecule has 10 nitrogen and oxygen atoms in total. The molecule has 7 rings (SSSR count). The summed E-state index contributed by atoms with van der Waals surface area (Å²) in [4.78, 5) is 16.3. The highest BCUT2D eigenvalue weighted by Gasteiger charge is 2.51. The van der Waals surface area contributed by atoms with Crippen LogP contribution in [0, 0.1) is 11.3 Å². The van der Waals surface area contributed by atoms with E-state index in [1.54, 1.807) is 6.20 Å². The normalized spacial score (nSPS) is 21.6. The summed E-state index contributed by atoms with van der Waals surface area (Å²) >= 11 is 6.55. The minimum absolute atomic E-state index is 0.124. The summed E-state index contributed by atoms with van der Waals surface area (Å²) in [5.41, 5.74) is 3.33. The highest BCUT2D eigenvalue weighted by molar-refractivity contribution is 7.90. The van der Waals surface area contributed by atoms with Crippen LogP contribution >= 0.6 is 11.6 Å². The van der Waals surface area contributed by atoms with Crippen LogP contribution in [-0.2, 0) is 14.6 Å². The standard InChI is InChI=1S/C31H36ClN7O3S/c1-18(2)22-5-6-26(38-13-20(19(38)3)15-43(4,40)41)24-12-34-28(9-23(22)24)35-27-7-8-33-30(36-27)25-14-39(37-29(25)32)21-10-31(11-21)16-42-17-31/h5-9,12,14,18-21H,10-11,13,15-17H2,1-4H3,(H,33,34,35,36)/t19-,20-/m1/s1. The monoisotopic (exact) mass is 621 g/mol. The van der Waals surface area contributed by atoms with E-state index < -0.39 is 9.84 Å². The number of rotatable bonds is 8. The fourth-order valence-corrected chi connectivity index (χ4v) is 8.19. The Morgan fingerprint density at radius 3 is 2.60 bits per heavy atom. The first kappa shape index (κ1) is 28.5. The number of halogens is 1. The Hall–Kier alpha value is -3.28. The van der Waals surface area contributed by atoms with Gasteiger partial charge in [-0.05, 0) is 54.8 Å². The molecule has 1 N–H and O–H groups in total. The summed E-state index contributed by atoms with van der Waals surface area (Å²) in [6.07, 6.45) is 8.97. The first-order valence-corrected chi connectivity index (χ1v) is 17.2. The third-order valence-electron chi connectivity index (χ3n) is 9.33. The first-order chi connectivity index (χ1) is 20.5. The smallest absolute Gasteiger partial charge is 0.166 e. The molecule has 0 unspecified atom stereocenters. The van der Waals surface area contributed by atoms with Crippen LogP contribution in [0.5, 0.6) is 0 Å². The SMILES string of the molecule is CC(C)c1ccc(N2C[C@H](CS(C)(=O)=O)[C@H]2C)c2cnc(Nc3ccnc(-c4cn(C5CC6(COC6)C5)nc4Cl)n3)cc12. The number of benzene rings is 1. The Bertz CT molecular complexity index is 1810. The number of hydrogen-bond acceptors (Lipinski definition) is 9. The van der Waals surface area contributed by atoms with Crippen molar-refractivity contribution in [2.24, 2.45) is 11.3 Å². The van der Waals surface area contributed by atoms with Gasteiger partial charge in [-0.25, -0.2) is 23.4 Å². The highest BCUT2D eigenvalue weighted by atomic mass is 35.5. The van der Waals surface area contributed by atoms with Gasteiger partial charge in [0, 0.05) is 59.8 Å².